The average molecular weight is 268 g/mol. The number of aryl methyl sites for hydroxylation is 1. The second-order valence-electron chi connectivity index (χ2n) is 5.04. The number of hydrogen-bond donors (Lipinski definition) is 3. The van der Waals surface area contributed by atoms with Crippen molar-refractivity contribution in [3.63, 3.8) is 0 Å². The molecule has 4 heteroatoms. The summed E-state index contributed by atoms with van der Waals surface area (Å²) in [6.45, 7) is 3.53. The summed E-state index contributed by atoms with van der Waals surface area (Å²) in [6.07, 6.45) is 0. The van der Waals surface area contributed by atoms with Gasteiger partial charge in [0.05, 0.1) is 0 Å². The van der Waals surface area contributed by atoms with Gasteiger partial charge in [-0.2, -0.15) is 0 Å². The van der Waals surface area contributed by atoms with Gasteiger partial charge in [0, 0.05) is 24.3 Å². The fraction of sp³-hybridized carbons (Fsp3) is 0.188. The Bertz CT molecular complexity index is 680. The third kappa shape index (κ3) is 2.38. The number of hydrogen-bond acceptors (Lipinski definition) is 3. The average Bonchev–Trinajstić information content (AvgIpc) is 2.89. The van der Waals surface area contributed by atoms with Gasteiger partial charge in [0.2, 0.25) is 0 Å². The van der Waals surface area contributed by atoms with E-state index in [0.717, 1.165) is 18.7 Å². The fourth-order valence-corrected chi connectivity index (χ4v) is 2.42. The van der Waals surface area contributed by atoms with Crippen LogP contribution in [-0.2, 0) is 13.1 Å². The molecule has 1 aliphatic rings. The molecule has 0 fully saturated rings. The van der Waals surface area contributed by atoms with Crippen LogP contribution in [0.2, 0.25) is 0 Å². The molecule has 102 valence electrons. The van der Waals surface area contributed by atoms with Crippen molar-refractivity contribution in [3.8, 4) is 5.75 Å². The van der Waals surface area contributed by atoms with Gasteiger partial charge in [-0.25, -0.2) is 0 Å². The van der Waals surface area contributed by atoms with Gasteiger partial charge in [-0.05, 0) is 53.9 Å². The van der Waals surface area contributed by atoms with E-state index in [4.69, 9.17) is 0 Å². The normalized spacial score (nSPS) is 13.1. The third-order valence-corrected chi connectivity index (χ3v) is 3.56. The lowest BCUT2D eigenvalue weighted by atomic mass is 10.1. The van der Waals surface area contributed by atoms with Gasteiger partial charge in [0.25, 0.3) is 5.91 Å². The molecule has 3 N–H and O–H groups in total. The zero-order chi connectivity index (χ0) is 14.1. The van der Waals surface area contributed by atoms with Crippen LogP contribution in [0.25, 0.3) is 0 Å². The van der Waals surface area contributed by atoms with Crippen LogP contribution < -0.4 is 10.6 Å². The highest BCUT2D eigenvalue weighted by atomic mass is 16.3. The van der Waals surface area contributed by atoms with E-state index >= 15 is 0 Å². The van der Waals surface area contributed by atoms with Gasteiger partial charge >= 0.3 is 0 Å². The first-order valence-corrected chi connectivity index (χ1v) is 6.57. The van der Waals surface area contributed by atoms with E-state index in [0.29, 0.717) is 11.3 Å². The maximum absolute atomic E-state index is 12.3. The van der Waals surface area contributed by atoms with Crippen molar-refractivity contribution in [2.75, 3.05) is 5.32 Å². The molecule has 4 nitrogen and oxygen atoms in total. The molecular weight excluding hydrogens is 252 g/mol. The highest BCUT2D eigenvalue weighted by molar-refractivity contribution is 6.04. The Kier molecular flexibility index (Phi) is 3.16. The standard InChI is InChI=1S/C16H16N2O2/c1-10-6-14(19)4-5-15(10)18-16(20)11-2-3-12-8-17-9-13(12)7-11/h2-7,17,19H,8-9H2,1H3,(H,18,20). The largest absolute Gasteiger partial charge is 0.508 e. The predicted octanol–water partition coefficient (Wildman–Crippen LogP) is 2.56. The molecule has 1 heterocycles. The Labute approximate surface area is 117 Å². The summed E-state index contributed by atoms with van der Waals surface area (Å²) in [5.74, 6) is 0.0672. The first-order valence-electron chi connectivity index (χ1n) is 6.57. The summed E-state index contributed by atoms with van der Waals surface area (Å²) in [7, 11) is 0. The van der Waals surface area contributed by atoms with E-state index in [2.05, 4.69) is 10.6 Å². The molecule has 0 radical (unpaired) electrons. The molecule has 0 atom stereocenters. The van der Waals surface area contributed by atoms with Crippen molar-refractivity contribution in [2.45, 2.75) is 20.0 Å². The van der Waals surface area contributed by atoms with Crippen LogP contribution in [-0.4, -0.2) is 11.0 Å². The van der Waals surface area contributed by atoms with Gasteiger partial charge in [-0.3, -0.25) is 4.79 Å². The number of carbonyl (C=O) groups is 1. The Morgan fingerprint density at radius 2 is 1.95 bits per heavy atom. The van der Waals surface area contributed by atoms with Crippen molar-refractivity contribution in [1.29, 1.82) is 0 Å². The Balaban J connectivity index is 1.82. The van der Waals surface area contributed by atoms with Crippen LogP contribution in [0, 0.1) is 6.92 Å². The van der Waals surface area contributed by atoms with E-state index in [1.165, 1.54) is 11.1 Å². The summed E-state index contributed by atoms with van der Waals surface area (Å²) in [6, 6.07) is 10.7. The molecule has 3 rings (SSSR count). The van der Waals surface area contributed by atoms with Gasteiger partial charge in [-0.15, -0.1) is 0 Å². The highest BCUT2D eigenvalue weighted by Gasteiger charge is 2.14. The minimum Gasteiger partial charge on any atom is -0.508 e. The Morgan fingerprint density at radius 1 is 1.15 bits per heavy atom. The van der Waals surface area contributed by atoms with Crippen molar-refractivity contribution in [1.82, 2.24) is 5.32 Å². The number of rotatable bonds is 2. The SMILES string of the molecule is Cc1cc(O)ccc1NC(=O)c1ccc2c(c1)CNC2. The lowest BCUT2D eigenvalue weighted by molar-refractivity contribution is 0.102. The summed E-state index contributed by atoms with van der Waals surface area (Å²) in [4.78, 5) is 12.3. The number of fused-ring (bicyclic) bond motifs is 1. The van der Waals surface area contributed by atoms with Crippen LogP contribution in [0.5, 0.6) is 5.75 Å². The van der Waals surface area contributed by atoms with Gasteiger partial charge in [0.1, 0.15) is 5.75 Å². The molecule has 0 saturated heterocycles. The summed E-state index contributed by atoms with van der Waals surface area (Å²) in [5, 5.41) is 15.5. The second-order valence-corrected chi connectivity index (χ2v) is 5.04. The number of carbonyl (C=O) groups excluding carboxylic acids is 1. The number of benzene rings is 2. The molecule has 2 aromatic rings. The summed E-state index contributed by atoms with van der Waals surface area (Å²) < 4.78 is 0. The molecule has 20 heavy (non-hydrogen) atoms. The molecule has 1 amide bonds. The maximum atomic E-state index is 12.3. The van der Waals surface area contributed by atoms with E-state index in [1.807, 2.05) is 25.1 Å². The molecule has 2 aromatic carbocycles. The van der Waals surface area contributed by atoms with Crippen molar-refractivity contribution >= 4 is 11.6 Å². The number of aromatic hydroxyl groups is 1. The number of phenolic OH excluding ortho intramolecular Hbond substituents is 1. The minimum atomic E-state index is -0.131. The molecule has 0 unspecified atom stereocenters. The Morgan fingerprint density at radius 3 is 2.75 bits per heavy atom. The van der Waals surface area contributed by atoms with E-state index in [1.54, 1.807) is 18.2 Å². The summed E-state index contributed by atoms with van der Waals surface area (Å²) in [5.41, 5.74) is 4.63. The number of nitrogens with one attached hydrogen (secondary N) is 2. The molecule has 0 bridgehead atoms. The molecule has 0 saturated carbocycles. The fourth-order valence-electron chi connectivity index (χ4n) is 2.42. The monoisotopic (exact) mass is 268 g/mol. The zero-order valence-electron chi connectivity index (χ0n) is 11.2. The predicted molar refractivity (Wildman–Crippen MR) is 77.8 cm³/mol. The van der Waals surface area contributed by atoms with Gasteiger partial charge in [0.15, 0.2) is 0 Å². The van der Waals surface area contributed by atoms with Crippen LogP contribution in [0.4, 0.5) is 5.69 Å². The topological polar surface area (TPSA) is 61.4 Å². The smallest absolute Gasteiger partial charge is 0.255 e. The number of anilines is 1. The summed E-state index contributed by atoms with van der Waals surface area (Å²) >= 11 is 0. The van der Waals surface area contributed by atoms with Gasteiger partial charge in [-0.1, -0.05) is 6.07 Å². The van der Waals surface area contributed by atoms with Crippen molar-refractivity contribution < 1.29 is 9.90 Å². The highest BCUT2D eigenvalue weighted by Crippen LogP contribution is 2.22. The van der Waals surface area contributed by atoms with Crippen molar-refractivity contribution in [2.24, 2.45) is 0 Å². The van der Waals surface area contributed by atoms with E-state index in [-0.39, 0.29) is 11.7 Å². The Hall–Kier alpha value is -2.33. The number of amides is 1. The van der Waals surface area contributed by atoms with Crippen LogP contribution in [0.1, 0.15) is 27.0 Å². The molecule has 1 aliphatic heterocycles. The molecule has 0 aromatic heterocycles. The maximum Gasteiger partial charge on any atom is 0.255 e. The van der Waals surface area contributed by atoms with Crippen LogP contribution >= 0.6 is 0 Å². The quantitative estimate of drug-likeness (QED) is 0.734. The van der Waals surface area contributed by atoms with Crippen LogP contribution in [0.3, 0.4) is 0 Å². The zero-order valence-corrected chi connectivity index (χ0v) is 11.2. The first-order chi connectivity index (χ1) is 9.63. The van der Waals surface area contributed by atoms with Gasteiger partial charge < -0.3 is 15.7 Å². The lowest BCUT2D eigenvalue weighted by Crippen LogP contribution is -2.13. The minimum absolute atomic E-state index is 0.131. The van der Waals surface area contributed by atoms with E-state index in [9.17, 15) is 9.90 Å². The van der Waals surface area contributed by atoms with Crippen LogP contribution in [0.15, 0.2) is 36.4 Å². The number of phenols is 1. The molecular formula is C16H16N2O2. The van der Waals surface area contributed by atoms with Crippen molar-refractivity contribution in [3.05, 3.63) is 58.7 Å². The first kappa shape index (κ1) is 12.7. The third-order valence-electron chi connectivity index (χ3n) is 3.56. The second kappa shape index (κ2) is 4.98. The van der Waals surface area contributed by atoms with E-state index < -0.39 is 0 Å². The molecule has 0 aliphatic carbocycles. The lowest BCUT2D eigenvalue weighted by Gasteiger charge is -2.09. The molecule has 0 spiro atoms.